The number of carbonyl (C=O) groups excluding carboxylic acids is 2. The summed E-state index contributed by atoms with van der Waals surface area (Å²) in [6, 6.07) is 7.80. The van der Waals surface area contributed by atoms with Crippen LogP contribution in [-0.4, -0.2) is 24.8 Å². The Balaban J connectivity index is 0. The average Bonchev–Trinajstić information content (AvgIpc) is 2.89. The van der Waals surface area contributed by atoms with Gasteiger partial charge in [0.2, 0.25) is 0 Å². The van der Waals surface area contributed by atoms with Crippen molar-refractivity contribution in [2.75, 3.05) is 7.05 Å². The van der Waals surface area contributed by atoms with E-state index in [-0.39, 0.29) is 0 Å². The maximum absolute atomic E-state index is 12.7. The molecule has 1 aromatic carbocycles. The van der Waals surface area contributed by atoms with Crippen LogP contribution in [0.5, 0.6) is 0 Å². The van der Waals surface area contributed by atoms with Gasteiger partial charge in [-0.25, -0.2) is 15.0 Å². The van der Waals surface area contributed by atoms with E-state index in [1.54, 1.807) is 40.8 Å². The van der Waals surface area contributed by atoms with Gasteiger partial charge < -0.3 is 14.9 Å². The summed E-state index contributed by atoms with van der Waals surface area (Å²) in [4.78, 5) is 24.9. The highest BCUT2D eigenvalue weighted by Crippen LogP contribution is 2.21. The van der Waals surface area contributed by atoms with Crippen molar-refractivity contribution in [3.8, 4) is 0 Å². The average molecular weight is 559 g/mol. The molecule has 2 amide bonds. The Morgan fingerprint density at radius 3 is 2.05 bits per heavy atom. The number of amides is 2. The second kappa shape index (κ2) is 20.4. The van der Waals surface area contributed by atoms with E-state index in [9.17, 15) is 9.59 Å². The van der Waals surface area contributed by atoms with Gasteiger partial charge in [-0.1, -0.05) is 71.5 Å². The molecule has 40 heavy (non-hydrogen) atoms. The highest BCUT2D eigenvalue weighted by atomic mass is 16.6. The Morgan fingerprint density at radius 1 is 1.00 bits per heavy atom. The molecule has 0 bridgehead atoms. The van der Waals surface area contributed by atoms with Gasteiger partial charge in [0.15, 0.2) is 0 Å². The lowest BCUT2D eigenvalue weighted by molar-refractivity contribution is 0.0547. The zero-order chi connectivity index (χ0) is 31.5. The molecule has 226 valence electrons. The number of rotatable bonds is 10. The van der Waals surface area contributed by atoms with Gasteiger partial charge in [0.05, 0.1) is 5.70 Å². The number of hydrogen-bond donors (Lipinski definition) is 4. The third-order valence-electron chi connectivity index (χ3n) is 5.06. The summed E-state index contributed by atoms with van der Waals surface area (Å²) in [5, 5.41) is 5.60. The quantitative estimate of drug-likeness (QED) is 0.171. The molecule has 0 aromatic heterocycles. The van der Waals surface area contributed by atoms with E-state index in [2.05, 4.69) is 28.1 Å². The first kappa shape index (κ1) is 38.6. The number of ether oxygens (including phenoxy) is 2. The molecule has 1 atom stereocenters. The van der Waals surface area contributed by atoms with Gasteiger partial charge >= 0.3 is 12.2 Å². The zero-order valence-electron chi connectivity index (χ0n) is 27.1. The van der Waals surface area contributed by atoms with Gasteiger partial charge in [-0.2, -0.15) is 0 Å². The minimum Gasteiger partial charge on any atom is -0.444 e. The second-order valence-corrected chi connectivity index (χ2v) is 9.45. The molecule has 1 rings (SSSR count). The Hall–Kier alpha value is -3.52. The van der Waals surface area contributed by atoms with Gasteiger partial charge in [0.1, 0.15) is 11.7 Å². The summed E-state index contributed by atoms with van der Waals surface area (Å²) in [6.45, 7) is 26.8. The molecule has 0 aliphatic rings. The summed E-state index contributed by atoms with van der Waals surface area (Å²) in [5.41, 5.74) is 10.7. The van der Waals surface area contributed by atoms with E-state index < -0.39 is 23.9 Å². The van der Waals surface area contributed by atoms with Gasteiger partial charge in [0, 0.05) is 18.4 Å². The van der Waals surface area contributed by atoms with E-state index in [4.69, 9.17) is 9.47 Å². The van der Waals surface area contributed by atoms with Crippen LogP contribution in [0.1, 0.15) is 99.8 Å². The molecule has 0 saturated heterocycles. The van der Waals surface area contributed by atoms with Crippen LogP contribution in [0.25, 0.3) is 0 Å². The number of hydrogen-bond acceptors (Lipinski definition) is 6. The number of nitrogens with one attached hydrogen (secondary N) is 4. The Bertz CT molecular complexity index is 1030. The number of carbonyl (C=O) groups is 2. The molecular weight excluding hydrogens is 504 g/mol. The van der Waals surface area contributed by atoms with Crippen molar-refractivity contribution in [3.05, 3.63) is 82.4 Å². The van der Waals surface area contributed by atoms with E-state index >= 15 is 0 Å². The molecular formula is C32H54N4O4. The zero-order valence-corrected chi connectivity index (χ0v) is 27.1. The highest BCUT2D eigenvalue weighted by molar-refractivity contribution is 5.71. The fourth-order valence-electron chi connectivity index (χ4n) is 3.28. The Labute approximate surface area is 243 Å². The van der Waals surface area contributed by atoms with Crippen LogP contribution in [0, 0.1) is 6.92 Å². The van der Waals surface area contributed by atoms with Gasteiger partial charge in [-0.05, 0) is 83.2 Å². The first-order chi connectivity index (χ1) is 18.8. The molecule has 0 aliphatic heterocycles. The maximum Gasteiger partial charge on any atom is 0.412 e. The lowest BCUT2D eigenvalue weighted by Crippen LogP contribution is -2.33. The number of alkyl carbamates (subject to hydrolysis) is 2. The molecule has 0 radical (unpaired) electrons. The lowest BCUT2D eigenvalue weighted by Gasteiger charge is -2.21. The molecule has 8 nitrogen and oxygen atoms in total. The predicted molar refractivity (Wildman–Crippen MR) is 167 cm³/mol. The third-order valence-corrected chi connectivity index (χ3v) is 5.06. The van der Waals surface area contributed by atoms with Crippen LogP contribution in [0.4, 0.5) is 9.59 Å². The summed E-state index contributed by atoms with van der Waals surface area (Å²) in [5.74, 6) is 0. The van der Waals surface area contributed by atoms with E-state index in [1.807, 2.05) is 85.7 Å². The third kappa shape index (κ3) is 15.2. The molecule has 0 aliphatic carbocycles. The van der Waals surface area contributed by atoms with Gasteiger partial charge in [-0.15, -0.1) is 0 Å². The monoisotopic (exact) mass is 558 g/mol. The molecule has 1 aromatic rings. The maximum atomic E-state index is 12.7. The van der Waals surface area contributed by atoms with Crippen LogP contribution in [0.3, 0.4) is 0 Å². The van der Waals surface area contributed by atoms with Crippen molar-refractivity contribution in [2.45, 2.75) is 101 Å². The van der Waals surface area contributed by atoms with Crippen molar-refractivity contribution >= 4 is 12.2 Å². The fourth-order valence-corrected chi connectivity index (χ4v) is 3.28. The minimum atomic E-state index is -0.615. The van der Waals surface area contributed by atoms with Crippen molar-refractivity contribution in [1.82, 2.24) is 21.5 Å². The van der Waals surface area contributed by atoms with Gasteiger partial charge in [-0.3, -0.25) is 10.6 Å². The standard InChI is InChI=1S/C28H42N4O4.2C2H6/c1-11-23(30-26(33)35-21(6)22-15-13-12-14-19(22)4)25(32-29-10)20(5)16-17-24(18(2)3)31-27(34)36-28(7,8)9;2*1-2/h12-17,21,29,32H,2,11H2,1,3-10H3,(H,30,33)(H,31,34);2*1-2H3/b20-16+,24-17+,25-23+;;. The van der Waals surface area contributed by atoms with Crippen LogP contribution in [0.15, 0.2) is 71.2 Å². The van der Waals surface area contributed by atoms with Crippen molar-refractivity contribution in [3.63, 3.8) is 0 Å². The summed E-state index contributed by atoms with van der Waals surface area (Å²) in [6.07, 6.45) is 2.59. The second-order valence-electron chi connectivity index (χ2n) is 9.45. The molecule has 4 N–H and O–H groups in total. The molecule has 0 heterocycles. The van der Waals surface area contributed by atoms with Crippen molar-refractivity contribution in [1.29, 1.82) is 0 Å². The van der Waals surface area contributed by atoms with Crippen LogP contribution >= 0.6 is 0 Å². The first-order valence-corrected chi connectivity index (χ1v) is 14.0. The van der Waals surface area contributed by atoms with Crippen molar-refractivity contribution < 1.29 is 19.1 Å². The SMILES string of the molecule is C=C(C)\C(=C/C=C(C)/C(NNC)=C(/CC)NC(=O)OC(C)c1ccccc1C)NC(=O)OC(C)(C)C.CC.CC. The first-order valence-electron chi connectivity index (χ1n) is 14.0. The molecule has 0 spiro atoms. The minimum absolute atomic E-state index is 0.401. The van der Waals surface area contributed by atoms with Gasteiger partial charge in [0.25, 0.3) is 0 Å². The summed E-state index contributed by atoms with van der Waals surface area (Å²) >= 11 is 0. The van der Waals surface area contributed by atoms with Crippen molar-refractivity contribution in [2.24, 2.45) is 0 Å². The predicted octanol–water partition coefficient (Wildman–Crippen LogP) is 8.11. The number of hydrazine groups is 1. The lowest BCUT2D eigenvalue weighted by atomic mass is 10.1. The van der Waals surface area contributed by atoms with Crippen LogP contribution in [0.2, 0.25) is 0 Å². The topological polar surface area (TPSA) is 101 Å². The number of benzene rings is 1. The molecule has 8 heteroatoms. The smallest absolute Gasteiger partial charge is 0.412 e. The molecule has 0 saturated carbocycles. The Morgan fingerprint density at radius 2 is 1.57 bits per heavy atom. The fraction of sp³-hybridized carbons (Fsp3) is 0.500. The highest BCUT2D eigenvalue weighted by Gasteiger charge is 2.18. The molecule has 0 fully saturated rings. The normalized spacial score (nSPS) is 12.7. The summed E-state index contributed by atoms with van der Waals surface area (Å²) in [7, 11) is 1.73. The summed E-state index contributed by atoms with van der Waals surface area (Å²) < 4.78 is 11.0. The number of aryl methyl sites for hydroxylation is 1. The number of allylic oxidation sites excluding steroid dienone is 5. The largest absolute Gasteiger partial charge is 0.444 e. The molecule has 1 unspecified atom stereocenters. The van der Waals surface area contributed by atoms with Crippen LogP contribution in [-0.2, 0) is 9.47 Å². The van der Waals surface area contributed by atoms with Crippen LogP contribution < -0.4 is 21.5 Å². The van der Waals surface area contributed by atoms with E-state index in [1.165, 1.54) is 0 Å². The Kier molecular flexibility index (Phi) is 19.7. The van der Waals surface area contributed by atoms with E-state index in [0.29, 0.717) is 29.1 Å². The van der Waals surface area contributed by atoms with E-state index in [0.717, 1.165) is 16.7 Å².